The van der Waals surface area contributed by atoms with Crippen molar-refractivity contribution in [1.29, 1.82) is 0 Å². The number of fused-ring (bicyclic) bond motifs is 2. The molecule has 0 aromatic heterocycles. The van der Waals surface area contributed by atoms with Crippen LogP contribution >= 0.6 is 0 Å². The van der Waals surface area contributed by atoms with E-state index >= 15 is 0 Å². The molecule has 2 aromatic rings. The number of allylic oxidation sites excluding steroid dienone is 3. The molecule has 1 amide bonds. The summed E-state index contributed by atoms with van der Waals surface area (Å²) in [4.78, 5) is 21.2. The predicted molar refractivity (Wildman–Crippen MR) is 152 cm³/mol. The van der Waals surface area contributed by atoms with E-state index in [9.17, 15) is 18.0 Å². The van der Waals surface area contributed by atoms with Gasteiger partial charge < -0.3 is 14.5 Å². The number of hydrogen-bond acceptors (Lipinski definition) is 4. The summed E-state index contributed by atoms with van der Waals surface area (Å²) in [5.74, 6) is -3.06. The maximum absolute atomic E-state index is 14.2. The molecule has 0 bridgehead atoms. The molecule has 0 saturated carbocycles. The molecule has 1 saturated heterocycles. The highest BCUT2D eigenvalue weighted by Gasteiger charge is 2.42. The number of aliphatic imine (C=N–C) groups is 1. The van der Waals surface area contributed by atoms with Crippen molar-refractivity contribution in [2.45, 2.75) is 57.2 Å². The lowest BCUT2D eigenvalue weighted by Gasteiger charge is -2.39. The smallest absolute Gasteiger partial charge is 0.233 e. The van der Waals surface area contributed by atoms with Gasteiger partial charge in [-0.15, -0.1) is 0 Å². The molecule has 2 aliphatic rings. The molecule has 40 heavy (non-hydrogen) atoms. The number of likely N-dealkylation sites (N-methyl/N-ethyl adjacent to an activating group) is 1. The molecule has 214 valence electrons. The molecule has 0 radical (unpaired) electrons. The second-order valence-corrected chi connectivity index (χ2v) is 11.0. The molecule has 0 N–H and O–H groups in total. The van der Waals surface area contributed by atoms with Crippen LogP contribution in [0.15, 0.2) is 71.1 Å². The largest absolute Gasteiger partial charge is 0.365 e. The minimum Gasteiger partial charge on any atom is -0.365 e. The normalized spacial score (nSPS) is 18.9. The van der Waals surface area contributed by atoms with E-state index in [2.05, 4.69) is 40.9 Å². The van der Waals surface area contributed by atoms with Crippen LogP contribution in [-0.4, -0.2) is 55.7 Å². The lowest BCUT2D eigenvalue weighted by molar-refractivity contribution is -0.135. The summed E-state index contributed by atoms with van der Waals surface area (Å²) in [7, 11) is 1.71. The van der Waals surface area contributed by atoms with Gasteiger partial charge in [0.05, 0.1) is 17.6 Å². The SMILES string of the molecule is C=N/C(F)=C\C(=C/C)CC(C)(C(=O)N(C)CCCN1CCC2(CC1)OCc1ccccc12)c1ccc(F)c(F)c1. The summed E-state index contributed by atoms with van der Waals surface area (Å²) in [6.07, 6.45) is 5.58. The third-order valence-corrected chi connectivity index (χ3v) is 8.40. The van der Waals surface area contributed by atoms with Crippen LogP contribution in [0.5, 0.6) is 0 Å². The first-order chi connectivity index (χ1) is 19.1. The highest BCUT2D eigenvalue weighted by atomic mass is 19.2. The van der Waals surface area contributed by atoms with Crippen molar-refractivity contribution in [1.82, 2.24) is 9.80 Å². The number of nitrogens with zero attached hydrogens (tertiary/aromatic N) is 3. The Morgan fingerprint density at radius 3 is 2.60 bits per heavy atom. The van der Waals surface area contributed by atoms with E-state index in [1.54, 1.807) is 31.9 Å². The third kappa shape index (κ3) is 6.23. The average Bonchev–Trinajstić information content (AvgIpc) is 3.32. The standard InChI is InChI=1S/C32H38F3N3O2/c1-5-23(19-29(35)36-3)21-31(2,25-11-12-27(33)28(34)20-25)30(39)37(4)15-8-16-38-17-13-32(14-18-38)26-10-7-6-9-24(26)22-40-32/h5-7,9-12,19-20H,3,8,13-18,21-22H2,1-2,4H3/b23-5+,29-19-. The van der Waals surface area contributed by atoms with Gasteiger partial charge in [-0.1, -0.05) is 36.4 Å². The number of rotatable bonds is 10. The van der Waals surface area contributed by atoms with Crippen molar-refractivity contribution >= 4 is 12.6 Å². The van der Waals surface area contributed by atoms with Gasteiger partial charge in [-0.2, -0.15) is 4.39 Å². The molecule has 1 spiro atoms. The molecule has 1 atom stereocenters. The Balaban J connectivity index is 1.40. The molecular formula is C32H38F3N3O2. The van der Waals surface area contributed by atoms with Crippen LogP contribution < -0.4 is 0 Å². The van der Waals surface area contributed by atoms with Gasteiger partial charge in [-0.3, -0.25) is 4.79 Å². The van der Waals surface area contributed by atoms with Crippen molar-refractivity contribution in [3.8, 4) is 0 Å². The summed E-state index contributed by atoms with van der Waals surface area (Å²) in [5.41, 5.74) is 1.97. The quantitative estimate of drug-likeness (QED) is 0.193. The van der Waals surface area contributed by atoms with Crippen LogP contribution in [0.2, 0.25) is 0 Å². The Morgan fingerprint density at radius 2 is 1.93 bits per heavy atom. The zero-order chi connectivity index (χ0) is 28.9. The monoisotopic (exact) mass is 553 g/mol. The minimum absolute atomic E-state index is 0.0797. The number of carbonyl (C=O) groups excluding carboxylic acids is 1. The predicted octanol–water partition coefficient (Wildman–Crippen LogP) is 6.44. The number of likely N-dealkylation sites (tertiary alicyclic amines) is 1. The number of halogens is 3. The summed E-state index contributed by atoms with van der Waals surface area (Å²) in [6.45, 7) is 10.4. The average molecular weight is 554 g/mol. The van der Waals surface area contributed by atoms with E-state index in [4.69, 9.17) is 4.74 Å². The summed E-state index contributed by atoms with van der Waals surface area (Å²) in [5, 5.41) is 0. The summed E-state index contributed by atoms with van der Waals surface area (Å²) >= 11 is 0. The number of hydrogen-bond donors (Lipinski definition) is 0. The Hall–Kier alpha value is -3.23. The first-order valence-electron chi connectivity index (χ1n) is 13.8. The van der Waals surface area contributed by atoms with Gasteiger partial charge in [0.1, 0.15) is 0 Å². The van der Waals surface area contributed by atoms with Crippen molar-refractivity contribution in [2.24, 2.45) is 4.99 Å². The fraction of sp³-hybridized carbons (Fsp3) is 0.438. The lowest BCUT2D eigenvalue weighted by Crippen LogP contribution is -2.45. The van der Waals surface area contributed by atoms with Crippen molar-refractivity contribution in [3.05, 3.63) is 94.5 Å². The Labute approximate surface area is 235 Å². The fourth-order valence-electron chi connectivity index (χ4n) is 5.97. The third-order valence-electron chi connectivity index (χ3n) is 8.40. The molecule has 4 rings (SSSR count). The van der Waals surface area contributed by atoms with Gasteiger partial charge >= 0.3 is 0 Å². The van der Waals surface area contributed by atoms with Crippen LogP contribution in [0.4, 0.5) is 13.2 Å². The van der Waals surface area contributed by atoms with E-state index in [0.717, 1.165) is 51.0 Å². The molecule has 1 fully saturated rings. The van der Waals surface area contributed by atoms with E-state index in [-0.39, 0.29) is 17.9 Å². The summed E-state index contributed by atoms with van der Waals surface area (Å²) < 4.78 is 48.1. The van der Waals surface area contributed by atoms with E-state index in [1.165, 1.54) is 23.3 Å². The highest BCUT2D eigenvalue weighted by Crippen LogP contribution is 2.44. The van der Waals surface area contributed by atoms with Crippen molar-refractivity contribution in [3.63, 3.8) is 0 Å². The zero-order valence-corrected chi connectivity index (χ0v) is 23.6. The molecular weight excluding hydrogens is 515 g/mol. The molecule has 2 heterocycles. The number of piperidine rings is 1. The van der Waals surface area contributed by atoms with Crippen LogP contribution in [0.25, 0.3) is 0 Å². The molecule has 2 aromatic carbocycles. The first kappa shape index (κ1) is 29.7. The maximum Gasteiger partial charge on any atom is 0.233 e. The van der Waals surface area contributed by atoms with Gasteiger partial charge in [-0.25, -0.2) is 13.8 Å². The Bertz CT molecular complexity index is 1300. The van der Waals surface area contributed by atoms with Gasteiger partial charge in [0, 0.05) is 26.7 Å². The topological polar surface area (TPSA) is 45.1 Å². The first-order valence-corrected chi connectivity index (χ1v) is 13.8. The molecule has 0 aliphatic carbocycles. The van der Waals surface area contributed by atoms with Crippen LogP contribution in [0.3, 0.4) is 0 Å². The second kappa shape index (κ2) is 12.5. The summed E-state index contributed by atoms with van der Waals surface area (Å²) in [6, 6.07) is 11.9. The number of benzene rings is 2. The fourth-order valence-corrected chi connectivity index (χ4v) is 5.97. The van der Waals surface area contributed by atoms with Crippen LogP contribution in [-0.2, 0) is 27.2 Å². The Kier molecular flexibility index (Phi) is 9.31. The highest BCUT2D eigenvalue weighted by molar-refractivity contribution is 5.88. The van der Waals surface area contributed by atoms with Gasteiger partial charge in [0.2, 0.25) is 11.9 Å². The van der Waals surface area contributed by atoms with Crippen LogP contribution in [0, 0.1) is 11.6 Å². The van der Waals surface area contributed by atoms with E-state index in [0.29, 0.717) is 24.3 Å². The van der Waals surface area contributed by atoms with Crippen molar-refractivity contribution < 1.29 is 22.7 Å². The van der Waals surface area contributed by atoms with Crippen LogP contribution in [0.1, 0.15) is 56.2 Å². The molecule has 1 unspecified atom stereocenters. The van der Waals surface area contributed by atoms with Gasteiger partial charge in [0.15, 0.2) is 11.6 Å². The number of carbonyl (C=O) groups is 1. The van der Waals surface area contributed by atoms with Crippen molar-refractivity contribution in [2.75, 3.05) is 33.2 Å². The minimum atomic E-state index is -1.26. The van der Waals surface area contributed by atoms with Gasteiger partial charge in [0.25, 0.3) is 0 Å². The molecule has 2 aliphatic heterocycles. The second-order valence-electron chi connectivity index (χ2n) is 11.0. The number of ether oxygens (including phenoxy) is 1. The number of amides is 1. The Morgan fingerprint density at radius 1 is 1.20 bits per heavy atom. The maximum atomic E-state index is 14.2. The van der Waals surface area contributed by atoms with E-state index < -0.39 is 23.0 Å². The van der Waals surface area contributed by atoms with Gasteiger partial charge in [-0.05, 0) is 93.3 Å². The van der Waals surface area contributed by atoms with E-state index in [1.807, 2.05) is 0 Å². The molecule has 8 heteroatoms. The molecule has 5 nitrogen and oxygen atoms in total. The lowest BCUT2D eigenvalue weighted by atomic mass is 9.75. The zero-order valence-electron chi connectivity index (χ0n) is 23.6.